The zero-order valence-corrected chi connectivity index (χ0v) is 11.6. The molecule has 0 unspecified atom stereocenters. The van der Waals surface area contributed by atoms with Crippen molar-refractivity contribution < 1.29 is 18.4 Å². The number of halogens is 2. The fourth-order valence-corrected chi connectivity index (χ4v) is 1.72. The molecule has 0 saturated heterocycles. The number of benzene rings is 2. The molecular weight excluding hydrogens is 292 g/mol. The molecule has 0 saturated carbocycles. The van der Waals surface area contributed by atoms with E-state index in [4.69, 9.17) is 0 Å². The molecule has 7 heteroatoms. The molecule has 114 valence electrons. The highest BCUT2D eigenvalue weighted by atomic mass is 19.1. The number of anilines is 3. The zero-order valence-electron chi connectivity index (χ0n) is 11.6. The van der Waals surface area contributed by atoms with E-state index < -0.39 is 17.7 Å². The van der Waals surface area contributed by atoms with Gasteiger partial charge in [-0.05, 0) is 36.4 Å². The zero-order chi connectivity index (χ0) is 16.1. The van der Waals surface area contributed by atoms with Crippen LogP contribution in [0, 0.1) is 11.6 Å². The second kappa shape index (κ2) is 6.66. The van der Waals surface area contributed by atoms with Crippen LogP contribution in [0.2, 0.25) is 0 Å². The lowest BCUT2D eigenvalue weighted by Crippen LogP contribution is -2.20. The van der Waals surface area contributed by atoms with Gasteiger partial charge in [0.05, 0.1) is 5.69 Å². The van der Waals surface area contributed by atoms with Crippen molar-refractivity contribution in [1.29, 1.82) is 0 Å². The fraction of sp³-hybridized carbons (Fsp3) is 0.0667. The van der Waals surface area contributed by atoms with E-state index in [0.717, 1.165) is 12.1 Å². The topological polar surface area (TPSA) is 70.2 Å². The van der Waals surface area contributed by atoms with E-state index in [1.807, 2.05) is 0 Å². The molecule has 0 fully saturated rings. The van der Waals surface area contributed by atoms with Crippen LogP contribution in [0.4, 0.5) is 30.6 Å². The summed E-state index contributed by atoms with van der Waals surface area (Å²) in [5.41, 5.74) is 0.908. The molecule has 0 radical (unpaired) electrons. The van der Waals surface area contributed by atoms with Gasteiger partial charge in [0.1, 0.15) is 11.6 Å². The summed E-state index contributed by atoms with van der Waals surface area (Å²) >= 11 is 0. The number of hydrogen-bond acceptors (Lipinski definition) is 2. The molecule has 22 heavy (non-hydrogen) atoms. The number of amides is 3. The predicted octanol–water partition coefficient (Wildman–Crippen LogP) is 3.57. The van der Waals surface area contributed by atoms with E-state index in [-0.39, 0.29) is 11.6 Å². The van der Waals surface area contributed by atoms with Gasteiger partial charge < -0.3 is 16.0 Å². The minimum Gasteiger partial charge on any atom is -0.326 e. The van der Waals surface area contributed by atoms with Gasteiger partial charge in [0.15, 0.2) is 0 Å². The lowest BCUT2D eigenvalue weighted by atomic mass is 10.2. The summed E-state index contributed by atoms with van der Waals surface area (Å²) in [5.74, 6) is -1.79. The summed E-state index contributed by atoms with van der Waals surface area (Å²) in [6.07, 6.45) is 0. The second-order valence-corrected chi connectivity index (χ2v) is 4.46. The molecule has 0 aliphatic heterocycles. The summed E-state index contributed by atoms with van der Waals surface area (Å²) in [6.45, 7) is 1.39. The molecule has 0 aliphatic carbocycles. The highest BCUT2D eigenvalue weighted by Gasteiger charge is 2.08. The van der Waals surface area contributed by atoms with E-state index in [1.54, 1.807) is 24.3 Å². The maximum atomic E-state index is 13.4. The Morgan fingerprint density at radius 1 is 0.864 bits per heavy atom. The lowest BCUT2D eigenvalue weighted by Gasteiger charge is -2.09. The van der Waals surface area contributed by atoms with Crippen LogP contribution < -0.4 is 16.0 Å². The third-order valence-corrected chi connectivity index (χ3v) is 2.64. The molecular formula is C15H13F2N3O2. The number of rotatable bonds is 3. The quantitative estimate of drug-likeness (QED) is 0.811. The Balaban J connectivity index is 1.98. The minimum absolute atomic E-state index is 0.131. The van der Waals surface area contributed by atoms with Crippen LogP contribution in [-0.4, -0.2) is 11.9 Å². The summed E-state index contributed by atoms with van der Waals surface area (Å²) in [6, 6.07) is 8.55. The number of urea groups is 1. The van der Waals surface area contributed by atoms with E-state index >= 15 is 0 Å². The monoisotopic (exact) mass is 305 g/mol. The lowest BCUT2D eigenvalue weighted by molar-refractivity contribution is -0.114. The summed E-state index contributed by atoms with van der Waals surface area (Å²) in [5, 5.41) is 7.35. The Hall–Kier alpha value is -2.96. The third kappa shape index (κ3) is 4.27. The van der Waals surface area contributed by atoms with Gasteiger partial charge in [-0.1, -0.05) is 0 Å². The first kappa shape index (κ1) is 15.4. The SMILES string of the molecule is CC(=O)Nc1ccc(NC(=O)Nc2ccc(F)cc2F)cc1. The fourth-order valence-electron chi connectivity index (χ4n) is 1.72. The van der Waals surface area contributed by atoms with Crippen molar-refractivity contribution in [3.8, 4) is 0 Å². The molecule has 0 bridgehead atoms. The maximum Gasteiger partial charge on any atom is 0.323 e. The van der Waals surface area contributed by atoms with Gasteiger partial charge in [-0.15, -0.1) is 0 Å². The summed E-state index contributed by atoms with van der Waals surface area (Å²) < 4.78 is 26.2. The molecule has 0 aromatic heterocycles. The second-order valence-electron chi connectivity index (χ2n) is 4.46. The van der Waals surface area contributed by atoms with Gasteiger partial charge in [0.25, 0.3) is 0 Å². The van der Waals surface area contributed by atoms with Gasteiger partial charge in [0, 0.05) is 24.4 Å². The van der Waals surface area contributed by atoms with Crippen molar-refractivity contribution >= 4 is 29.0 Å². The molecule has 0 aliphatic rings. The molecule has 3 amide bonds. The van der Waals surface area contributed by atoms with Crippen molar-refractivity contribution in [3.05, 3.63) is 54.1 Å². The average Bonchev–Trinajstić information content (AvgIpc) is 2.43. The average molecular weight is 305 g/mol. The Kier molecular flexibility index (Phi) is 4.67. The van der Waals surface area contributed by atoms with Crippen molar-refractivity contribution in [1.82, 2.24) is 0 Å². The first-order valence-corrected chi connectivity index (χ1v) is 6.35. The van der Waals surface area contributed by atoms with Crippen molar-refractivity contribution in [2.45, 2.75) is 6.92 Å². The van der Waals surface area contributed by atoms with Gasteiger partial charge in [-0.2, -0.15) is 0 Å². The highest BCUT2D eigenvalue weighted by molar-refractivity contribution is 6.00. The first-order valence-electron chi connectivity index (χ1n) is 6.35. The van der Waals surface area contributed by atoms with Gasteiger partial charge >= 0.3 is 6.03 Å². The molecule has 2 rings (SSSR count). The molecule has 2 aromatic carbocycles. The van der Waals surface area contributed by atoms with E-state index in [2.05, 4.69) is 16.0 Å². The number of carbonyl (C=O) groups excluding carboxylic acids is 2. The predicted molar refractivity (Wildman–Crippen MR) is 79.7 cm³/mol. The number of hydrogen-bond donors (Lipinski definition) is 3. The number of nitrogens with one attached hydrogen (secondary N) is 3. The maximum absolute atomic E-state index is 13.4. The van der Waals surface area contributed by atoms with Gasteiger partial charge in [-0.25, -0.2) is 13.6 Å². The van der Waals surface area contributed by atoms with Crippen LogP contribution >= 0.6 is 0 Å². The van der Waals surface area contributed by atoms with Crippen LogP contribution in [0.15, 0.2) is 42.5 Å². The van der Waals surface area contributed by atoms with Crippen LogP contribution in [0.5, 0.6) is 0 Å². The Bertz CT molecular complexity index is 702. The van der Waals surface area contributed by atoms with Crippen LogP contribution in [0.1, 0.15) is 6.92 Å². The Labute approximate surface area is 125 Å². The smallest absolute Gasteiger partial charge is 0.323 e. The van der Waals surface area contributed by atoms with Crippen LogP contribution in [-0.2, 0) is 4.79 Å². The molecule has 3 N–H and O–H groups in total. The van der Waals surface area contributed by atoms with E-state index in [0.29, 0.717) is 17.4 Å². The van der Waals surface area contributed by atoms with Crippen molar-refractivity contribution in [3.63, 3.8) is 0 Å². The first-order chi connectivity index (χ1) is 10.4. The summed E-state index contributed by atoms with van der Waals surface area (Å²) in [4.78, 5) is 22.6. The number of carbonyl (C=O) groups is 2. The van der Waals surface area contributed by atoms with Crippen LogP contribution in [0.25, 0.3) is 0 Å². The van der Waals surface area contributed by atoms with Gasteiger partial charge in [0.2, 0.25) is 5.91 Å². The van der Waals surface area contributed by atoms with Crippen molar-refractivity contribution in [2.24, 2.45) is 0 Å². The molecule has 5 nitrogen and oxygen atoms in total. The van der Waals surface area contributed by atoms with E-state index in [1.165, 1.54) is 6.92 Å². The van der Waals surface area contributed by atoms with Crippen molar-refractivity contribution in [2.75, 3.05) is 16.0 Å². The molecule has 0 atom stereocenters. The normalized spacial score (nSPS) is 9.95. The Morgan fingerprint density at radius 3 is 2.00 bits per heavy atom. The largest absolute Gasteiger partial charge is 0.326 e. The molecule has 0 heterocycles. The Morgan fingerprint density at radius 2 is 1.45 bits per heavy atom. The van der Waals surface area contributed by atoms with E-state index in [9.17, 15) is 18.4 Å². The molecule has 2 aromatic rings. The summed E-state index contributed by atoms with van der Waals surface area (Å²) in [7, 11) is 0. The van der Waals surface area contributed by atoms with Crippen LogP contribution in [0.3, 0.4) is 0 Å². The van der Waals surface area contributed by atoms with Gasteiger partial charge in [-0.3, -0.25) is 4.79 Å². The third-order valence-electron chi connectivity index (χ3n) is 2.64. The highest BCUT2D eigenvalue weighted by Crippen LogP contribution is 2.17. The standard InChI is InChI=1S/C15H13F2N3O2/c1-9(21)18-11-3-5-12(6-4-11)19-15(22)20-14-7-2-10(16)8-13(14)17/h2-8H,1H3,(H,18,21)(H2,19,20,22). The minimum atomic E-state index is -0.865. The molecule has 0 spiro atoms.